The molecule has 20 heavy (non-hydrogen) atoms. The Morgan fingerprint density at radius 3 is 2.85 bits per heavy atom. The van der Waals surface area contributed by atoms with Gasteiger partial charge in [0.25, 0.3) is 0 Å². The van der Waals surface area contributed by atoms with Crippen LogP contribution in [0.15, 0.2) is 39.3 Å². The van der Waals surface area contributed by atoms with Crippen LogP contribution in [-0.4, -0.2) is 16.1 Å². The molecule has 1 atom stereocenters. The maximum absolute atomic E-state index is 11.8. The Labute approximate surface area is 114 Å². The molecule has 0 saturated carbocycles. The summed E-state index contributed by atoms with van der Waals surface area (Å²) in [5.41, 5.74) is 1.51. The number of rotatable bonds is 3. The largest absolute Gasteiger partial charge is 0.448 e. The van der Waals surface area contributed by atoms with E-state index in [1.54, 1.807) is 19.9 Å². The Bertz CT molecular complexity index is 726. The van der Waals surface area contributed by atoms with Gasteiger partial charge < -0.3 is 13.7 Å². The van der Waals surface area contributed by atoms with E-state index < -0.39 is 12.1 Å². The van der Waals surface area contributed by atoms with Crippen LogP contribution >= 0.6 is 0 Å². The van der Waals surface area contributed by atoms with Crippen LogP contribution in [0.25, 0.3) is 11.1 Å². The fraction of sp³-hybridized carbons (Fsp3) is 0.214. The van der Waals surface area contributed by atoms with Crippen LogP contribution in [0.2, 0.25) is 0 Å². The minimum absolute atomic E-state index is 0.130. The second kappa shape index (κ2) is 4.80. The molecule has 0 spiro atoms. The van der Waals surface area contributed by atoms with Gasteiger partial charge in [-0.3, -0.25) is 0 Å². The van der Waals surface area contributed by atoms with E-state index in [0.29, 0.717) is 17.2 Å². The molecule has 3 aromatic rings. The third kappa shape index (κ3) is 2.27. The Hall–Kier alpha value is -2.63. The summed E-state index contributed by atoms with van der Waals surface area (Å²) < 4.78 is 15.6. The van der Waals surface area contributed by atoms with E-state index in [1.165, 1.54) is 6.07 Å². The van der Waals surface area contributed by atoms with Crippen LogP contribution < -0.4 is 0 Å². The monoisotopic (exact) mass is 272 g/mol. The highest BCUT2D eigenvalue weighted by Gasteiger charge is 2.20. The summed E-state index contributed by atoms with van der Waals surface area (Å²) in [6.45, 7) is 3.39. The average molecular weight is 272 g/mol. The molecule has 2 heterocycles. The van der Waals surface area contributed by atoms with Crippen LogP contribution in [0, 0.1) is 6.92 Å². The van der Waals surface area contributed by atoms with E-state index in [4.69, 9.17) is 13.7 Å². The minimum Gasteiger partial charge on any atom is -0.448 e. The minimum atomic E-state index is -0.605. The fourth-order valence-electron chi connectivity index (χ4n) is 1.80. The van der Waals surface area contributed by atoms with Gasteiger partial charge in [-0.05, 0) is 26.0 Å². The predicted octanol–water partition coefficient (Wildman–Crippen LogP) is 3.04. The highest BCUT2D eigenvalue weighted by atomic mass is 16.6. The zero-order valence-electron chi connectivity index (χ0n) is 11.0. The van der Waals surface area contributed by atoms with Crippen molar-refractivity contribution in [1.82, 2.24) is 10.1 Å². The maximum atomic E-state index is 11.8. The van der Waals surface area contributed by atoms with Gasteiger partial charge in [0.2, 0.25) is 5.89 Å². The Kier molecular flexibility index (Phi) is 2.98. The summed E-state index contributed by atoms with van der Waals surface area (Å²) in [5, 5.41) is 3.60. The quantitative estimate of drug-likeness (QED) is 0.682. The van der Waals surface area contributed by atoms with Crippen molar-refractivity contribution < 1.29 is 18.5 Å². The normalized spacial score (nSPS) is 12.5. The lowest BCUT2D eigenvalue weighted by Gasteiger charge is -2.07. The third-order valence-electron chi connectivity index (χ3n) is 2.78. The molecule has 0 aliphatic rings. The summed E-state index contributed by atoms with van der Waals surface area (Å²) in [4.78, 5) is 16.1. The van der Waals surface area contributed by atoms with Gasteiger partial charge in [0, 0.05) is 6.07 Å². The van der Waals surface area contributed by atoms with Crippen molar-refractivity contribution >= 4 is 17.1 Å². The van der Waals surface area contributed by atoms with Gasteiger partial charge in [-0.25, -0.2) is 9.78 Å². The second-order valence-electron chi connectivity index (χ2n) is 4.39. The first-order valence-corrected chi connectivity index (χ1v) is 6.13. The topological polar surface area (TPSA) is 78.4 Å². The summed E-state index contributed by atoms with van der Waals surface area (Å²) in [6.07, 6.45) is -0.605. The van der Waals surface area contributed by atoms with Crippen molar-refractivity contribution in [3.05, 3.63) is 47.7 Å². The molecular formula is C14H12N2O4. The lowest BCUT2D eigenvalue weighted by Crippen LogP contribution is -2.09. The lowest BCUT2D eigenvalue weighted by molar-refractivity contribution is 0.0271. The number of esters is 1. The van der Waals surface area contributed by atoms with Crippen molar-refractivity contribution in [2.75, 3.05) is 0 Å². The molecule has 0 bridgehead atoms. The fourth-order valence-corrected chi connectivity index (χ4v) is 1.80. The molecule has 102 valence electrons. The van der Waals surface area contributed by atoms with E-state index in [1.807, 2.05) is 18.2 Å². The summed E-state index contributed by atoms with van der Waals surface area (Å²) in [6, 6.07) is 8.87. The van der Waals surface area contributed by atoms with E-state index in [2.05, 4.69) is 10.1 Å². The van der Waals surface area contributed by atoms with Crippen LogP contribution in [0.5, 0.6) is 0 Å². The van der Waals surface area contributed by atoms with Gasteiger partial charge in [0.05, 0.1) is 0 Å². The molecule has 0 radical (unpaired) electrons. The number of fused-ring (bicyclic) bond motifs is 1. The zero-order valence-corrected chi connectivity index (χ0v) is 11.0. The van der Waals surface area contributed by atoms with Gasteiger partial charge in [0.1, 0.15) is 11.3 Å². The van der Waals surface area contributed by atoms with E-state index in [9.17, 15) is 4.79 Å². The smallest absolute Gasteiger partial charge is 0.361 e. The summed E-state index contributed by atoms with van der Waals surface area (Å²) in [7, 11) is 0. The molecule has 0 saturated heterocycles. The number of oxazole rings is 1. The number of aryl methyl sites for hydroxylation is 1. The van der Waals surface area contributed by atoms with E-state index in [0.717, 1.165) is 5.52 Å². The van der Waals surface area contributed by atoms with E-state index in [-0.39, 0.29) is 5.69 Å². The first-order valence-electron chi connectivity index (χ1n) is 6.13. The molecule has 0 amide bonds. The molecule has 0 fully saturated rings. The summed E-state index contributed by atoms with van der Waals surface area (Å²) in [5.74, 6) is 0.322. The first-order chi connectivity index (χ1) is 9.63. The SMILES string of the molecule is Cc1cc(C(=O)OC(C)c2nc3ccccc3o2)no1. The van der Waals surface area contributed by atoms with Crippen LogP contribution in [-0.2, 0) is 4.74 Å². The second-order valence-corrected chi connectivity index (χ2v) is 4.39. The molecule has 0 aliphatic carbocycles. The summed E-state index contributed by atoms with van der Waals surface area (Å²) >= 11 is 0. The van der Waals surface area contributed by atoms with Gasteiger partial charge in [0.15, 0.2) is 17.4 Å². The highest BCUT2D eigenvalue weighted by molar-refractivity contribution is 5.87. The number of carbonyl (C=O) groups excluding carboxylic acids is 1. The van der Waals surface area contributed by atoms with Gasteiger partial charge >= 0.3 is 5.97 Å². The number of nitrogens with zero attached hydrogens (tertiary/aromatic N) is 2. The first kappa shape index (κ1) is 12.4. The molecule has 0 N–H and O–H groups in total. The number of carbonyl (C=O) groups is 1. The van der Waals surface area contributed by atoms with Crippen molar-refractivity contribution in [3.63, 3.8) is 0 Å². The number of hydrogen-bond acceptors (Lipinski definition) is 6. The predicted molar refractivity (Wildman–Crippen MR) is 69.1 cm³/mol. The number of aromatic nitrogens is 2. The Balaban J connectivity index is 1.78. The van der Waals surface area contributed by atoms with Crippen LogP contribution in [0.4, 0.5) is 0 Å². The molecule has 6 nitrogen and oxygen atoms in total. The van der Waals surface area contributed by atoms with Crippen molar-refractivity contribution in [1.29, 1.82) is 0 Å². The molecule has 1 aromatic carbocycles. The van der Waals surface area contributed by atoms with Gasteiger partial charge in [-0.1, -0.05) is 17.3 Å². The van der Waals surface area contributed by atoms with Crippen molar-refractivity contribution in [2.24, 2.45) is 0 Å². The van der Waals surface area contributed by atoms with Gasteiger partial charge in [-0.2, -0.15) is 0 Å². The van der Waals surface area contributed by atoms with Crippen LogP contribution in [0.3, 0.4) is 0 Å². The Morgan fingerprint density at radius 1 is 1.35 bits per heavy atom. The molecule has 0 aliphatic heterocycles. The van der Waals surface area contributed by atoms with Crippen molar-refractivity contribution in [3.8, 4) is 0 Å². The number of benzene rings is 1. The van der Waals surface area contributed by atoms with Crippen LogP contribution in [0.1, 0.15) is 35.2 Å². The average Bonchev–Trinajstić information content (AvgIpc) is 3.04. The number of para-hydroxylation sites is 2. The van der Waals surface area contributed by atoms with E-state index >= 15 is 0 Å². The number of ether oxygens (including phenoxy) is 1. The Morgan fingerprint density at radius 2 is 2.15 bits per heavy atom. The standard InChI is InChI=1S/C14H12N2O4/c1-8-7-11(16-20-8)14(17)18-9(2)13-15-10-5-3-4-6-12(10)19-13/h3-7,9H,1-2H3. The highest BCUT2D eigenvalue weighted by Crippen LogP contribution is 2.22. The molecule has 1 unspecified atom stereocenters. The van der Waals surface area contributed by atoms with Crippen molar-refractivity contribution in [2.45, 2.75) is 20.0 Å². The lowest BCUT2D eigenvalue weighted by atomic mass is 10.3. The molecule has 2 aromatic heterocycles. The zero-order chi connectivity index (χ0) is 14.1. The maximum Gasteiger partial charge on any atom is 0.361 e. The van der Waals surface area contributed by atoms with Gasteiger partial charge in [-0.15, -0.1) is 0 Å². The molecule has 3 rings (SSSR count). The third-order valence-corrected chi connectivity index (χ3v) is 2.78. The molecule has 6 heteroatoms. The number of hydrogen-bond donors (Lipinski definition) is 0. The molecular weight excluding hydrogens is 260 g/mol.